The van der Waals surface area contributed by atoms with Crippen molar-refractivity contribution in [1.29, 1.82) is 0 Å². The minimum absolute atomic E-state index is 0.207. The number of pyridine rings is 1. The van der Waals surface area contributed by atoms with Crippen LogP contribution in [0.15, 0.2) is 79.4 Å². The summed E-state index contributed by atoms with van der Waals surface area (Å²) >= 11 is 11.9. The van der Waals surface area contributed by atoms with Gasteiger partial charge < -0.3 is 10.6 Å². The van der Waals surface area contributed by atoms with Crippen molar-refractivity contribution in [2.24, 2.45) is 0 Å². The summed E-state index contributed by atoms with van der Waals surface area (Å²) in [7, 11) is 0. The maximum Gasteiger partial charge on any atom is 0.258 e. The van der Waals surface area contributed by atoms with E-state index in [4.69, 9.17) is 23.2 Å². The molecule has 0 unspecified atom stereocenters. The van der Waals surface area contributed by atoms with Crippen molar-refractivity contribution in [3.63, 3.8) is 0 Å². The van der Waals surface area contributed by atoms with Gasteiger partial charge in [0.2, 0.25) is 0 Å². The van der Waals surface area contributed by atoms with Gasteiger partial charge >= 0.3 is 0 Å². The third-order valence-corrected chi connectivity index (χ3v) is 5.43. The molecule has 2 aromatic carbocycles. The van der Waals surface area contributed by atoms with Gasteiger partial charge in [0.1, 0.15) is 12.1 Å². The number of aromatic nitrogens is 3. The zero-order chi connectivity index (χ0) is 23.9. The third kappa shape index (κ3) is 6.15. The molecule has 0 aliphatic heterocycles. The second kappa shape index (κ2) is 10.9. The van der Waals surface area contributed by atoms with Gasteiger partial charge in [-0.3, -0.25) is 9.59 Å². The predicted octanol–water partition coefficient (Wildman–Crippen LogP) is 5.47. The number of halogens is 2. The van der Waals surface area contributed by atoms with Crippen LogP contribution in [0, 0.1) is 0 Å². The second-order valence-corrected chi connectivity index (χ2v) is 8.23. The molecule has 0 saturated carbocycles. The van der Waals surface area contributed by atoms with E-state index in [1.54, 1.807) is 42.6 Å². The molecule has 2 aromatic heterocycles. The molecule has 7 nitrogen and oxygen atoms in total. The standard InChI is InChI=1S/C25H19Cl2N5O2/c26-18-6-9-22(21(13-18)25(34)32-23-10-7-19(27)14-29-23)31-24(33)17-4-1-16(2-5-17)3-8-20-11-12-28-15-30-20/h1-2,4-7,9-15H,3,8H2,(H,31,33)(H,29,32,34). The first-order chi connectivity index (χ1) is 16.5. The number of anilines is 2. The van der Waals surface area contributed by atoms with Crippen LogP contribution < -0.4 is 10.6 Å². The largest absolute Gasteiger partial charge is 0.321 e. The minimum atomic E-state index is -0.465. The Bertz CT molecular complexity index is 1300. The fourth-order valence-electron chi connectivity index (χ4n) is 3.20. The van der Waals surface area contributed by atoms with E-state index in [0.29, 0.717) is 27.1 Å². The van der Waals surface area contributed by atoms with E-state index in [1.807, 2.05) is 18.2 Å². The van der Waals surface area contributed by atoms with Gasteiger partial charge in [0.05, 0.1) is 16.3 Å². The summed E-state index contributed by atoms with van der Waals surface area (Å²) in [4.78, 5) is 37.9. The van der Waals surface area contributed by atoms with E-state index < -0.39 is 5.91 Å². The Morgan fingerprint density at radius 3 is 2.29 bits per heavy atom. The van der Waals surface area contributed by atoms with Gasteiger partial charge in [-0.25, -0.2) is 15.0 Å². The Morgan fingerprint density at radius 2 is 1.59 bits per heavy atom. The highest BCUT2D eigenvalue weighted by molar-refractivity contribution is 6.31. The zero-order valence-electron chi connectivity index (χ0n) is 17.8. The molecule has 9 heteroatoms. The third-order valence-electron chi connectivity index (χ3n) is 4.97. The Kier molecular flexibility index (Phi) is 7.47. The van der Waals surface area contributed by atoms with Crippen LogP contribution in [-0.2, 0) is 12.8 Å². The van der Waals surface area contributed by atoms with Crippen LogP contribution in [0.3, 0.4) is 0 Å². The van der Waals surface area contributed by atoms with Crippen LogP contribution in [0.4, 0.5) is 11.5 Å². The molecule has 34 heavy (non-hydrogen) atoms. The Balaban J connectivity index is 1.44. The highest BCUT2D eigenvalue weighted by Crippen LogP contribution is 2.23. The molecule has 0 aliphatic rings. The maximum atomic E-state index is 12.8. The number of benzene rings is 2. The van der Waals surface area contributed by atoms with Crippen LogP contribution >= 0.6 is 23.2 Å². The van der Waals surface area contributed by atoms with Crippen molar-refractivity contribution in [3.05, 3.63) is 112 Å². The predicted molar refractivity (Wildman–Crippen MR) is 132 cm³/mol. The van der Waals surface area contributed by atoms with E-state index in [9.17, 15) is 9.59 Å². The van der Waals surface area contributed by atoms with Crippen LogP contribution in [0.25, 0.3) is 0 Å². The van der Waals surface area contributed by atoms with E-state index >= 15 is 0 Å². The molecule has 0 saturated heterocycles. The summed E-state index contributed by atoms with van der Waals surface area (Å²) in [5, 5.41) is 6.28. The highest BCUT2D eigenvalue weighted by Gasteiger charge is 2.16. The first-order valence-electron chi connectivity index (χ1n) is 10.4. The molecule has 0 atom stereocenters. The summed E-state index contributed by atoms with van der Waals surface area (Å²) in [6, 6.07) is 17.0. The van der Waals surface area contributed by atoms with E-state index in [-0.39, 0.29) is 11.5 Å². The Hall–Kier alpha value is -3.81. The summed E-state index contributed by atoms with van der Waals surface area (Å²) in [5.74, 6) is -0.486. The average molecular weight is 492 g/mol. The van der Waals surface area contributed by atoms with Gasteiger partial charge in [0, 0.05) is 28.7 Å². The van der Waals surface area contributed by atoms with Crippen LogP contribution in [0.5, 0.6) is 0 Å². The summed E-state index contributed by atoms with van der Waals surface area (Å²) in [6.07, 6.45) is 6.24. The Labute approximate surface area is 206 Å². The van der Waals surface area contributed by atoms with Gasteiger partial charge in [-0.1, -0.05) is 35.3 Å². The Morgan fingerprint density at radius 1 is 0.794 bits per heavy atom. The number of carbonyl (C=O) groups is 2. The second-order valence-electron chi connectivity index (χ2n) is 7.36. The van der Waals surface area contributed by atoms with E-state index in [1.165, 1.54) is 18.6 Å². The van der Waals surface area contributed by atoms with Crippen molar-refractivity contribution < 1.29 is 9.59 Å². The number of carbonyl (C=O) groups excluding carboxylic acids is 2. The fourth-order valence-corrected chi connectivity index (χ4v) is 3.49. The molecule has 170 valence electrons. The smallest absolute Gasteiger partial charge is 0.258 e. The first-order valence-corrected chi connectivity index (χ1v) is 11.1. The lowest BCUT2D eigenvalue weighted by Gasteiger charge is -2.12. The number of amides is 2. The van der Waals surface area contributed by atoms with E-state index in [2.05, 4.69) is 25.6 Å². The molecule has 0 radical (unpaired) electrons. The van der Waals surface area contributed by atoms with Crippen LogP contribution in [0.2, 0.25) is 10.0 Å². The quantitative estimate of drug-likeness (QED) is 0.357. The van der Waals surface area contributed by atoms with Crippen molar-refractivity contribution in [1.82, 2.24) is 15.0 Å². The van der Waals surface area contributed by atoms with Crippen molar-refractivity contribution >= 4 is 46.5 Å². The summed E-state index contributed by atoms with van der Waals surface area (Å²) in [6.45, 7) is 0. The lowest BCUT2D eigenvalue weighted by Crippen LogP contribution is -2.18. The van der Waals surface area contributed by atoms with Crippen LogP contribution in [-0.4, -0.2) is 26.8 Å². The number of nitrogens with one attached hydrogen (secondary N) is 2. The van der Waals surface area contributed by atoms with Gasteiger partial charge in [-0.2, -0.15) is 0 Å². The van der Waals surface area contributed by atoms with Gasteiger partial charge in [-0.05, 0) is 66.9 Å². The molecular weight excluding hydrogens is 473 g/mol. The van der Waals surface area contributed by atoms with Crippen molar-refractivity contribution in [2.75, 3.05) is 10.6 Å². The fraction of sp³-hybridized carbons (Fsp3) is 0.0800. The van der Waals surface area contributed by atoms with Gasteiger partial charge in [0.25, 0.3) is 11.8 Å². The number of hydrogen-bond donors (Lipinski definition) is 2. The number of aryl methyl sites for hydroxylation is 2. The summed E-state index contributed by atoms with van der Waals surface area (Å²) in [5.41, 5.74) is 3.04. The molecule has 2 heterocycles. The maximum absolute atomic E-state index is 12.8. The number of rotatable bonds is 7. The van der Waals surface area contributed by atoms with Gasteiger partial charge in [0.15, 0.2) is 0 Å². The SMILES string of the molecule is O=C(Nc1ccc(Cl)cc1C(=O)Nc1ccc(Cl)cn1)c1ccc(CCc2ccncn2)cc1. The molecular formula is C25H19Cl2N5O2. The normalized spacial score (nSPS) is 10.5. The molecule has 0 fully saturated rings. The molecule has 0 spiro atoms. The number of nitrogens with zero attached hydrogens (tertiary/aromatic N) is 3. The van der Waals surface area contributed by atoms with Crippen LogP contribution in [0.1, 0.15) is 32.0 Å². The minimum Gasteiger partial charge on any atom is -0.321 e. The highest BCUT2D eigenvalue weighted by atomic mass is 35.5. The molecule has 2 amide bonds. The lowest BCUT2D eigenvalue weighted by molar-refractivity contribution is 0.102. The van der Waals surface area contributed by atoms with Gasteiger partial charge in [-0.15, -0.1) is 0 Å². The number of hydrogen-bond acceptors (Lipinski definition) is 5. The molecule has 4 rings (SSSR count). The average Bonchev–Trinajstić information content (AvgIpc) is 2.86. The molecule has 0 aliphatic carbocycles. The summed E-state index contributed by atoms with van der Waals surface area (Å²) < 4.78 is 0. The first kappa shape index (κ1) is 23.4. The monoisotopic (exact) mass is 491 g/mol. The zero-order valence-corrected chi connectivity index (χ0v) is 19.3. The van der Waals surface area contributed by atoms with Crippen molar-refractivity contribution in [3.8, 4) is 0 Å². The molecule has 0 bridgehead atoms. The lowest BCUT2D eigenvalue weighted by atomic mass is 10.1. The molecule has 2 N–H and O–H groups in total. The van der Waals surface area contributed by atoms with E-state index in [0.717, 1.165) is 24.1 Å². The molecule has 4 aromatic rings. The van der Waals surface area contributed by atoms with Crippen molar-refractivity contribution in [2.45, 2.75) is 12.8 Å². The topological polar surface area (TPSA) is 96.9 Å².